The van der Waals surface area contributed by atoms with Gasteiger partial charge in [0.25, 0.3) is 0 Å². The maximum Gasteiger partial charge on any atom is 0.243 e. The molecule has 23 heavy (non-hydrogen) atoms. The first-order chi connectivity index (χ1) is 11.0. The highest BCUT2D eigenvalue weighted by Gasteiger charge is 2.29. The SMILES string of the molecule is O=C1CCCC(=O)N1c1ccc(S(=O)(=O)N2CCCCC2)cc1. The minimum atomic E-state index is -3.49. The number of sulfonamides is 1. The van der Waals surface area contributed by atoms with Crippen LogP contribution in [-0.4, -0.2) is 37.6 Å². The molecule has 0 N–H and O–H groups in total. The molecule has 0 radical (unpaired) electrons. The van der Waals surface area contributed by atoms with Gasteiger partial charge in [0.2, 0.25) is 21.8 Å². The van der Waals surface area contributed by atoms with E-state index in [9.17, 15) is 18.0 Å². The van der Waals surface area contributed by atoms with E-state index in [1.807, 2.05) is 0 Å². The van der Waals surface area contributed by atoms with Crippen molar-refractivity contribution in [2.45, 2.75) is 43.4 Å². The normalized spacial score (nSPS) is 20.8. The predicted molar refractivity (Wildman–Crippen MR) is 85.4 cm³/mol. The summed E-state index contributed by atoms with van der Waals surface area (Å²) in [6, 6.07) is 6.04. The Labute approximate surface area is 136 Å². The molecule has 2 saturated heterocycles. The Hall–Kier alpha value is -1.73. The van der Waals surface area contributed by atoms with Crippen LogP contribution >= 0.6 is 0 Å². The van der Waals surface area contributed by atoms with Crippen LogP contribution in [0.4, 0.5) is 5.69 Å². The Kier molecular flexibility index (Phi) is 4.50. The molecule has 0 bridgehead atoms. The molecular weight excluding hydrogens is 316 g/mol. The first kappa shape index (κ1) is 16.1. The summed E-state index contributed by atoms with van der Waals surface area (Å²) < 4.78 is 26.7. The summed E-state index contributed by atoms with van der Waals surface area (Å²) >= 11 is 0. The van der Waals surface area contributed by atoms with E-state index in [-0.39, 0.29) is 16.7 Å². The quantitative estimate of drug-likeness (QED) is 0.790. The zero-order valence-electron chi connectivity index (χ0n) is 12.9. The average molecular weight is 336 g/mol. The summed E-state index contributed by atoms with van der Waals surface area (Å²) in [6.45, 7) is 1.10. The Balaban J connectivity index is 1.84. The molecule has 2 aliphatic rings. The van der Waals surface area contributed by atoms with E-state index in [4.69, 9.17) is 0 Å². The Morgan fingerprint density at radius 2 is 1.35 bits per heavy atom. The van der Waals surface area contributed by atoms with Crippen LogP contribution in [0.2, 0.25) is 0 Å². The van der Waals surface area contributed by atoms with Gasteiger partial charge in [-0.2, -0.15) is 4.31 Å². The molecule has 0 aromatic heterocycles. The fourth-order valence-corrected chi connectivity index (χ4v) is 4.58. The van der Waals surface area contributed by atoms with Crippen LogP contribution in [-0.2, 0) is 19.6 Å². The number of nitrogens with zero attached hydrogens (tertiary/aromatic N) is 2. The molecule has 1 aromatic carbocycles. The van der Waals surface area contributed by atoms with Gasteiger partial charge in [0, 0.05) is 25.9 Å². The van der Waals surface area contributed by atoms with Crippen molar-refractivity contribution in [1.82, 2.24) is 4.31 Å². The Bertz CT molecular complexity index is 690. The molecule has 2 heterocycles. The van der Waals surface area contributed by atoms with Gasteiger partial charge in [-0.25, -0.2) is 8.42 Å². The molecule has 0 unspecified atom stereocenters. The molecule has 0 aliphatic carbocycles. The van der Waals surface area contributed by atoms with Crippen LogP contribution in [0.25, 0.3) is 0 Å². The molecule has 7 heteroatoms. The van der Waals surface area contributed by atoms with Gasteiger partial charge in [-0.1, -0.05) is 6.42 Å². The number of hydrogen-bond donors (Lipinski definition) is 0. The number of amides is 2. The Morgan fingerprint density at radius 1 is 0.783 bits per heavy atom. The lowest BCUT2D eigenvalue weighted by Crippen LogP contribution is -2.40. The lowest BCUT2D eigenvalue weighted by atomic mass is 10.1. The van der Waals surface area contributed by atoms with Crippen LogP contribution in [0.5, 0.6) is 0 Å². The van der Waals surface area contributed by atoms with Gasteiger partial charge < -0.3 is 0 Å². The van der Waals surface area contributed by atoms with Gasteiger partial charge in [-0.05, 0) is 43.5 Å². The number of benzene rings is 1. The van der Waals surface area contributed by atoms with Crippen molar-refractivity contribution in [2.75, 3.05) is 18.0 Å². The number of carbonyl (C=O) groups is 2. The Morgan fingerprint density at radius 3 is 1.91 bits per heavy atom. The minimum absolute atomic E-state index is 0.208. The lowest BCUT2D eigenvalue weighted by Gasteiger charge is -2.27. The monoisotopic (exact) mass is 336 g/mol. The zero-order chi connectivity index (χ0) is 16.4. The van der Waals surface area contributed by atoms with Crippen molar-refractivity contribution in [1.29, 1.82) is 0 Å². The van der Waals surface area contributed by atoms with Gasteiger partial charge in [0.15, 0.2) is 0 Å². The van der Waals surface area contributed by atoms with Gasteiger partial charge >= 0.3 is 0 Å². The molecule has 2 aliphatic heterocycles. The first-order valence-corrected chi connectivity index (χ1v) is 9.40. The highest BCUT2D eigenvalue weighted by molar-refractivity contribution is 7.89. The summed E-state index contributed by atoms with van der Waals surface area (Å²) in [7, 11) is -3.49. The maximum atomic E-state index is 12.6. The molecule has 2 amide bonds. The van der Waals surface area contributed by atoms with Gasteiger partial charge in [0.05, 0.1) is 10.6 Å². The number of hydrogen-bond acceptors (Lipinski definition) is 4. The van der Waals surface area contributed by atoms with Crippen molar-refractivity contribution >= 4 is 27.5 Å². The number of anilines is 1. The third-order valence-electron chi connectivity index (χ3n) is 4.33. The lowest BCUT2D eigenvalue weighted by molar-refractivity contribution is -0.129. The fourth-order valence-electron chi connectivity index (χ4n) is 3.06. The summed E-state index contributed by atoms with van der Waals surface area (Å²) in [6.07, 6.45) is 4.10. The van der Waals surface area contributed by atoms with Crippen LogP contribution in [0.3, 0.4) is 0 Å². The largest absolute Gasteiger partial charge is 0.274 e. The smallest absolute Gasteiger partial charge is 0.243 e. The van der Waals surface area contributed by atoms with E-state index >= 15 is 0 Å². The number of piperidine rings is 2. The summed E-state index contributed by atoms with van der Waals surface area (Å²) in [5, 5.41) is 0. The second-order valence-corrected chi connectivity index (χ2v) is 7.87. The molecule has 124 valence electrons. The number of carbonyl (C=O) groups excluding carboxylic acids is 2. The molecule has 0 saturated carbocycles. The van der Waals surface area contributed by atoms with Crippen LogP contribution < -0.4 is 4.90 Å². The van der Waals surface area contributed by atoms with Crippen molar-refractivity contribution in [2.24, 2.45) is 0 Å². The van der Waals surface area contributed by atoms with E-state index in [2.05, 4.69) is 0 Å². The van der Waals surface area contributed by atoms with E-state index in [1.165, 1.54) is 28.6 Å². The molecular formula is C16H20N2O4S. The summed E-state index contributed by atoms with van der Waals surface area (Å²) in [4.78, 5) is 25.2. The van der Waals surface area contributed by atoms with Gasteiger partial charge in [-0.15, -0.1) is 0 Å². The van der Waals surface area contributed by atoms with E-state index in [0.717, 1.165) is 24.2 Å². The van der Waals surface area contributed by atoms with Crippen molar-refractivity contribution in [3.63, 3.8) is 0 Å². The van der Waals surface area contributed by atoms with E-state index in [1.54, 1.807) is 0 Å². The van der Waals surface area contributed by atoms with Gasteiger partial charge in [0.1, 0.15) is 0 Å². The highest BCUT2D eigenvalue weighted by atomic mass is 32.2. The van der Waals surface area contributed by atoms with Crippen molar-refractivity contribution in [3.8, 4) is 0 Å². The number of rotatable bonds is 3. The predicted octanol–water partition coefficient (Wildman–Crippen LogP) is 1.90. The summed E-state index contributed by atoms with van der Waals surface area (Å²) in [5.41, 5.74) is 0.442. The third kappa shape index (κ3) is 3.16. The first-order valence-electron chi connectivity index (χ1n) is 7.96. The third-order valence-corrected chi connectivity index (χ3v) is 6.24. The van der Waals surface area contributed by atoms with E-state index < -0.39 is 10.0 Å². The molecule has 2 fully saturated rings. The fraction of sp³-hybridized carbons (Fsp3) is 0.500. The summed E-state index contributed by atoms with van der Waals surface area (Å²) in [5.74, 6) is -0.458. The number of imide groups is 1. The van der Waals surface area contributed by atoms with Crippen LogP contribution in [0.15, 0.2) is 29.2 Å². The van der Waals surface area contributed by atoms with Crippen molar-refractivity contribution in [3.05, 3.63) is 24.3 Å². The molecule has 3 rings (SSSR count). The van der Waals surface area contributed by atoms with Crippen molar-refractivity contribution < 1.29 is 18.0 Å². The standard InChI is InChI=1S/C16H20N2O4S/c19-15-5-4-6-16(20)18(15)13-7-9-14(10-8-13)23(21,22)17-11-2-1-3-12-17/h7-10H,1-6,11-12H2. The topological polar surface area (TPSA) is 74.8 Å². The average Bonchev–Trinajstić information content (AvgIpc) is 2.56. The highest BCUT2D eigenvalue weighted by Crippen LogP contribution is 2.26. The molecule has 0 spiro atoms. The minimum Gasteiger partial charge on any atom is -0.274 e. The maximum absolute atomic E-state index is 12.6. The molecule has 6 nitrogen and oxygen atoms in total. The van der Waals surface area contributed by atoms with E-state index in [0.29, 0.717) is 38.0 Å². The second-order valence-electron chi connectivity index (χ2n) is 5.94. The van der Waals surface area contributed by atoms with Gasteiger partial charge in [-0.3, -0.25) is 14.5 Å². The molecule has 1 aromatic rings. The zero-order valence-corrected chi connectivity index (χ0v) is 13.7. The van der Waals surface area contributed by atoms with Crippen LogP contribution in [0.1, 0.15) is 38.5 Å². The molecule has 0 atom stereocenters. The second kappa shape index (κ2) is 6.41. The van der Waals surface area contributed by atoms with Crippen LogP contribution in [0, 0.1) is 0 Å².